The van der Waals surface area contributed by atoms with Crippen LogP contribution in [-0.2, 0) is 25.0 Å². The van der Waals surface area contributed by atoms with Crippen LogP contribution in [-0.4, -0.2) is 33.6 Å². The smallest absolute Gasteiger partial charge is 0.337 e. The molecule has 0 radical (unpaired) electrons. The molecular weight excluding hydrogens is 476 g/mol. The number of ether oxygens (including phenoxy) is 1. The number of benzene rings is 2. The normalized spacial score (nSPS) is 27.9. The van der Waals surface area contributed by atoms with E-state index in [-0.39, 0.29) is 28.4 Å². The number of methoxy groups -OCH3 is 1. The van der Waals surface area contributed by atoms with Crippen LogP contribution in [0.3, 0.4) is 0 Å². The molecule has 0 aromatic heterocycles. The Kier molecular flexibility index (Phi) is 8.17. The maximum atomic E-state index is 13.1. The van der Waals surface area contributed by atoms with Crippen LogP contribution in [0.1, 0.15) is 68.3 Å². The van der Waals surface area contributed by atoms with Gasteiger partial charge in [-0.15, -0.1) is 0 Å². The van der Waals surface area contributed by atoms with Crippen LogP contribution in [0.25, 0.3) is 0 Å². The molecule has 0 spiro atoms. The van der Waals surface area contributed by atoms with Gasteiger partial charge in [-0.1, -0.05) is 43.5 Å². The van der Waals surface area contributed by atoms with Crippen molar-refractivity contribution in [2.45, 2.75) is 74.8 Å². The molecule has 194 valence electrons. The highest BCUT2D eigenvalue weighted by Crippen LogP contribution is 2.47. The highest BCUT2D eigenvalue weighted by atomic mass is 32.2. The fourth-order valence-electron chi connectivity index (χ4n) is 5.74. The van der Waals surface area contributed by atoms with E-state index in [2.05, 4.69) is 36.2 Å². The van der Waals surface area contributed by atoms with E-state index in [0.29, 0.717) is 11.3 Å². The molecule has 2 aliphatic rings. The van der Waals surface area contributed by atoms with E-state index >= 15 is 0 Å². The largest absolute Gasteiger partial charge is 0.465 e. The summed E-state index contributed by atoms with van der Waals surface area (Å²) in [5.41, 5.74) is 4.69. The van der Waals surface area contributed by atoms with Crippen molar-refractivity contribution in [2.75, 3.05) is 11.8 Å². The number of esters is 1. The Hall–Kier alpha value is -2.68. The third-order valence-corrected chi connectivity index (χ3v) is 9.05. The Morgan fingerprint density at radius 3 is 2.36 bits per heavy atom. The topological polar surface area (TPSA) is 93.7 Å². The molecule has 0 amide bonds. The van der Waals surface area contributed by atoms with Gasteiger partial charge >= 0.3 is 5.97 Å². The molecule has 1 fully saturated rings. The summed E-state index contributed by atoms with van der Waals surface area (Å²) >= 11 is 0. The molecule has 4 rings (SSSR count). The first-order valence-corrected chi connectivity index (χ1v) is 14.2. The highest BCUT2D eigenvalue weighted by molar-refractivity contribution is 7.92. The second-order valence-electron chi connectivity index (χ2n) is 9.76. The molecule has 1 aliphatic heterocycles. The maximum Gasteiger partial charge on any atom is 0.337 e. The number of carbonyl (C=O) groups excluding carboxylic acids is 1. The van der Waals surface area contributed by atoms with Crippen molar-refractivity contribution in [2.24, 2.45) is 5.92 Å². The van der Waals surface area contributed by atoms with Crippen molar-refractivity contribution in [1.82, 2.24) is 5.48 Å². The molecule has 4 unspecified atom stereocenters. The van der Waals surface area contributed by atoms with E-state index in [1.165, 1.54) is 44.9 Å². The minimum atomic E-state index is -3.81. The molecule has 0 bridgehead atoms. The van der Waals surface area contributed by atoms with Crippen LogP contribution in [0.2, 0.25) is 0 Å². The summed E-state index contributed by atoms with van der Waals surface area (Å²) in [5, 5.41) is 0. The number of hydroxylamine groups is 1. The van der Waals surface area contributed by atoms with Crippen LogP contribution in [0.4, 0.5) is 5.69 Å². The number of nitrogens with one attached hydrogen (secondary N) is 2. The average Bonchev–Trinajstić information content (AvgIpc) is 3.25. The maximum absolute atomic E-state index is 13.1. The summed E-state index contributed by atoms with van der Waals surface area (Å²) in [7, 11) is -2.50. The summed E-state index contributed by atoms with van der Waals surface area (Å²) in [5.74, 6) is -0.193. The van der Waals surface area contributed by atoms with Gasteiger partial charge in [0.25, 0.3) is 10.0 Å². The zero-order chi connectivity index (χ0) is 25.8. The predicted molar refractivity (Wildman–Crippen MR) is 140 cm³/mol. The molecule has 8 heteroatoms. The summed E-state index contributed by atoms with van der Waals surface area (Å²) in [6.07, 6.45) is 11.6. The molecule has 1 aliphatic carbocycles. The lowest BCUT2D eigenvalue weighted by Crippen LogP contribution is -2.49. The Balaban J connectivity index is 1.61. The number of sulfonamides is 1. The second kappa shape index (κ2) is 11.2. The molecule has 4 atom stereocenters. The number of carbonyl (C=O) groups is 1. The molecule has 2 N–H and O–H groups in total. The molecule has 1 heterocycles. The lowest BCUT2D eigenvalue weighted by atomic mass is 9.62. The lowest BCUT2D eigenvalue weighted by Gasteiger charge is -2.41. The van der Waals surface area contributed by atoms with E-state index in [1.54, 1.807) is 24.3 Å². The number of allylic oxidation sites excluding steroid dienone is 2. The second-order valence-corrected chi connectivity index (χ2v) is 11.4. The molecular formula is C28H36N2O5S. The van der Waals surface area contributed by atoms with E-state index in [1.807, 2.05) is 12.1 Å². The Bertz CT molecular complexity index is 1170. The van der Waals surface area contributed by atoms with Crippen molar-refractivity contribution in [3.63, 3.8) is 0 Å². The molecule has 1 saturated heterocycles. The fraction of sp³-hybridized carbons (Fsp3) is 0.464. The van der Waals surface area contributed by atoms with Crippen molar-refractivity contribution >= 4 is 21.7 Å². The van der Waals surface area contributed by atoms with Crippen molar-refractivity contribution < 1.29 is 22.8 Å². The zero-order valence-corrected chi connectivity index (χ0v) is 22.0. The molecule has 0 saturated carbocycles. The molecule has 2 aromatic carbocycles. The van der Waals surface area contributed by atoms with E-state index in [4.69, 9.17) is 9.57 Å². The van der Waals surface area contributed by atoms with E-state index in [0.717, 1.165) is 18.4 Å². The van der Waals surface area contributed by atoms with Crippen LogP contribution in [0.15, 0.2) is 65.6 Å². The Labute approximate surface area is 214 Å². The monoisotopic (exact) mass is 512 g/mol. The quantitative estimate of drug-likeness (QED) is 0.400. The van der Waals surface area contributed by atoms with Gasteiger partial charge in [-0.2, -0.15) is 5.48 Å². The number of rotatable bonds is 6. The van der Waals surface area contributed by atoms with Crippen LogP contribution in [0.5, 0.6) is 0 Å². The summed E-state index contributed by atoms with van der Waals surface area (Å²) in [6.45, 7) is 4.25. The first kappa shape index (κ1) is 26.4. The van der Waals surface area contributed by atoms with Crippen LogP contribution in [0, 0.1) is 5.92 Å². The molecule has 7 nitrogen and oxygen atoms in total. The van der Waals surface area contributed by atoms with Gasteiger partial charge < -0.3 is 4.74 Å². The zero-order valence-electron chi connectivity index (χ0n) is 21.2. The van der Waals surface area contributed by atoms with Gasteiger partial charge in [0.2, 0.25) is 0 Å². The predicted octanol–water partition coefficient (Wildman–Crippen LogP) is 5.35. The third-order valence-electron chi connectivity index (χ3n) is 7.65. The van der Waals surface area contributed by atoms with Gasteiger partial charge in [0.15, 0.2) is 0 Å². The van der Waals surface area contributed by atoms with Crippen molar-refractivity contribution in [1.29, 1.82) is 0 Å². The molecule has 2 aromatic rings. The van der Waals surface area contributed by atoms with Crippen molar-refractivity contribution in [3.8, 4) is 0 Å². The number of hydrogen-bond acceptors (Lipinski definition) is 6. The summed E-state index contributed by atoms with van der Waals surface area (Å²) in [6, 6.07) is 13.4. The number of anilines is 1. The average molecular weight is 513 g/mol. The first-order valence-electron chi connectivity index (χ1n) is 12.7. The lowest BCUT2D eigenvalue weighted by molar-refractivity contribution is 0.0198. The molecule has 36 heavy (non-hydrogen) atoms. The van der Waals surface area contributed by atoms with Gasteiger partial charge in [-0.25, -0.2) is 13.2 Å². The standard InChI is InChI=1S/C28H36N2O5S/c1-20-28(21(2)35-29-20,23-10-8-6-4-5-7-9-11-23)24-14-18-26(19-15-24)36(32,33)30-25-16-12-22(13-17-25)27(31)34-3/h8,10,12-21,23,29-30H,4-7,9,11H2,1-3H3/b10-8-. The van der Waals surface area contributed by atoms with Crippen LogP contribution >= 0.6 is 0 Å². The summed E-state index contributed by atoms with van der Waals surface area (Å²) < 4.78 is 33.5. The Morgan fingerprint density at radius 1 is 1.03 bits per heavy atom. The van der Waals surface area contributed by atoms with Crippen LogP contribution < -0.4 is 10.2 Å². The van der Waals surface area contributed by atoms with E-state index in [9.17, 15) is 13.2 Å². The third kappa shape index (κ3) is 5.21. The Morgan fingerprint density at radius 2 is 1.72 bits per heavy atom. The van der Waals surface area contributed by atoms with Gasteiger partial charge in [0, 0.05) is 17.1 Å². The number of hydrogen-bond donors (Lipinski definition) is 2. The first-order chi connectivity index (χ1) is 17.3. The van der Waals surface area contributed by atoms with Gasteiger partial charge in [-0.3, -0.25) is 9.56 Å². The van der Waals surface area contributed by atoms with E-state index < -0.39 is 16.0 Å². The van der Waals surface area contributed by atoms with Crippen molar-refractivity contribution in [3.05, 3.63) is 71.8 Å². The SMILES string of the molecule is COC(=O)c1ccc(NS(=O)(=O)c2ccc(C3(C4/C=C\CCCCCC4)C(C)NOC3C)cc2)cc1. The highest BCUT2D eigenvalue weighted by Gasteiger charge is 2.53. The van der Waals surface area contributed by atoms with Gasteiger partial charge in [0.05, 0.1) is 23.7 Å². The summed E-state index contributed by atoms with van der Waals surface area (Å²) in [4.78, 5) is 17.8. The minimum Gasteiger partial charge on any atom is -0.465 e. The van der Waals surface area contributed by atoms with Gasteiger partial charge in [0.1, 0.15) is 0 Å². The fourth-order valence-corrected chi connectivity index (χ4v) is 6.79. The van der Waals surface area contributed by atoms with Gasteiger partial charge in [-0.05, 0) is 81.0 Å². The minimum absolute atomic E-state index is 0.0665.